The van der Waals surface area contributed by atoms with Crippen molar-refractivity contribution < 1.29 is 9.18 Å². The fraction of sp³-hybridized carbons (Fsp3) is 0.133. The average Bonchev–Trinajstić information content (AvgIpc) is 2.48. The third kappa shape index (κ3) is 4.47. The maximum atomic E-state index is 13.6. The number of rotatable bonds is 5. The first kappa shape index (κ1) is 15.3. The Kier molecular flexibility index (Phi) is 5.19. The van der Waals surface area contributed by atoms with Gasteiger partial charge in [0.25, 0.3) is 0 Å². The minimum absolute atomic E-state index is 0.235. The number of halogens is 1. The van der Waals surface area contributed by atoms with E-state index in [0.717, 1.165) is 11.1 Å². The Hall–Kier alpha value is -2.05. The second-order valence-corrected chi connectivity index (χ2v) is 5.56. The number of benzene rings is 2. The number of anilines is 1. The summed E-state index contributed by atoms with van der Waals surface area (Å²) in [6, 6.07) is 12.2. The molecule has 2 rings (SSSR count). The first-order valence-electron chi connectivity index (χ1n) is 6.33. The molecule has 0 unspecified atom stereocenters. The van der Waals surface area contributed by atoms with Crippen molar-refractivity contribution in [3.05, 3.63) is 59.4 Å². The van der Waals surface area contributed by atoms with Gasteiger partial charge in [0, 0.05) is 16.3 Å². The lowest BCUT2D eigenvalue weighted by molar-refractivity contribution is -0.120. The number of hydrogen-bond acceptors (Lipinski definition) is 4. The van der Waals surface area contributed by atoms with Crippen molar-refractivity contribution in [2.75, 3.05) is 5.73 Å². The standard InChI is InChI=1S/C15H16FN3OS/c16-13-8-12(17)5-6-14(13)21-9-11-3-1-10(2-4-11)7-15(20)19-18/h1-6,8H,7,9,17-18H2,(H,19,20). The minimum Gasteiger partial charge on any atom is -0.399 e. The molecule has 0 bridgehead atoms. The molecule has 0 atom stereocenters. The van der Waals surface area contributed by atoms with Crippen LogP contribution in [0.4, 0.5) is 10.1 Å². The SMILES string of the molecule is NNC(=O)Cc1ccc(CSc2ccc(N)cc2F)cc1. The van der Waals surface area contributed by atoms with E-state index in [1.807, 2.05) is 24.3 Å². The molecular weight excluding hydrogens is 289 g/mol. The smallest absolute Gasteiger partial charge is 0.238 e. The predicted octanol–water partition coefficient (Wildman–Crippen LogP) is 2.23. The number of hydrazine groups is 1. The number of nitrogen functional groups attached to an aromatic ring is 1. The van der Waals surface area contributed by atoms with Gasteiger partial charge in [0.05, 0.1) is 6.42 Å². The molecule has 2 aromatic rings. The molecule has 5 N–H and O–H groups in total. The molecule has 0 fully saturated rings. The van der Waals surface area contributed by atoms with Gasteiger partial charge in [-0.2, -0.15) is 0 Å². The Labute approximate surface area is 126 Å². The Morgan fingerprint density at radius 1 is 1.14 bits per heavy atom. The number of hydrogen-bond donors (Lipinski definition) is 3. The van der Waals surface area contributed by atoms with Gasteiger partial charge in [-0.3, -0.25) is 10.2 Å². The molecular formula is C15H16FN3OS. The first-order valence-corrected chi connectivity index (χ1v) is 7.32. The Morgan fingerprint density at radius 2 is 1.81 bits per heavy atom. The lowest BCUT2D eigenvalue weighted by atomic mass is 10.1. The maximum absolute atomic E-state index is 13.6. The zero-order chi connectivity index (χ0) is 15.2. The molecule has 0 heterocycles. The number of carbonyl (C=O) groups excluding carboxylic acids is 1. The fourth-order valence-corrected chi connectivity index (χ4v) is 2.66. The number of thioether (sulfide) groups is 1. The van der Waals surface area contributed by atoms with E-state index in [2.05, 4.69) is 5.43 Å². The zero-order valence-corrected chi connectivity index (χ0v) is 12.1. The minimum atomic E-state index is -0.309. The van der Waals surface area contributed by atoms with E-state index in [9.17, 15) is 9.18 Å². The van der Waals surface area contributed by atoms with Crippen LogP contribution in [0.15, 0.2) is 47.4 Å². The zero-order valence-electron chi connectivity index (χ0n) is 11.3. The quantitative estimate of drug-likeness (QED) is 0.260. The molecule has 0 aliphatic heterocycles. The van der Waals surface area contributed by atoms with Gasteiger partial charge in [-0.1, -0.05) is 24.3 Å². The predicted molar refractivity (Wildman–Crippen MR) is 82.8 cm³/mol. The summed E-state index contributed by atoms with van der Waals surface area (Å²) in [7, 11) is 0. The van der Waals surface area contributed by atoms with E-state index in [0.29, 0.717) is 16.3 Å². The van der Waals surface area contributed by atoms with E-state index in [1.165, 1.54) is 17.8 Å². The van der Waals surface area contributed by atoms with Crippen LogP contribution in [0.1, 0.15) is 11.1 Å². The van der Waals surface area contributed by atoms with Gasteiger partial charge in [0.15, 0.2) is 0 Å². The highest BCUT2D eigenvalue weighted by molar-refractivity contribution is 7.98. The molecule has 4 nitrogen and oxygen atoms in total. The molecule has 0 aromatic heterocycles. The second kappa shape index (κ2) is 7.10. The van der Waals surface area contributed by atoms with Gasteiger partial charge in [-0.15, -0.1) is 11.8 Å². The van der Waals surface area contributed by atoms with Gasteiger partial charge in [-0.05, 0) is 29.3 Å². The number of carbonyl (C=O) groups is 1. The van der Waals surface area contributed by atoms with E-state index in [4.69, 9.17) is 11.6 Å². The van der Waals surface area contributed by atoms with Crippen molar-refractivity contribution in [3.63, 3.8) is 0 Å². The summed E-state index contributed by atoms with van der Waals surface area (Å²) in [5, 5.41) is 0. The van der Waals surface area contributed by atoms with Crippen LogP contribution in [0.2, 0.25) is 0 Å². The lowest BCUT2D eigenvalue weighted by Crippen LogP contribution is -2.31. The maximum Gasteiger partial charge on any atom is 0.238 e. The summed E-state index contributed by atoms with van der Waals surface area (Å²) in [5.74, 6) is 5.14. The van der Waals surface area contributed by atoms with Crippen molar-refractivity contribution in [3.8, 4) is 0 Å². The van der Waals surface area contributed by atoms with Crippen LogP contribution < -0.4 is 17.0 Å². The van der Waals surface area contributed by atoms with Crippen LogP contribution in [0, 0.1) is 5.82 Å². The third-order valence-electron chi connectivity index (χ3n) is 2.90. The van der Waals surface area contributed by atoms with Crippen molar-refractivity contribution in [2.45, 2.75) is 17.1 Å². The van der Waals surface area contributed by atoms with Gasteiger partial charge >= 0.3 is 0 Å². The summed E-state index contributed by atoms with van der Waals surface area (Å²) in [5.41, 5.74) is 9.95. The number of nitrogens with one attached hydrogen (secondary N) is 1. The summed E-state index contributed by atoms with van der Waals surface area (Å²) in [6.07, 6.45) is 0.247. The Morgan fingerprint density at radius 3 is 2.43 bits per heavy atom. The third-order valence-corrected chi connectivity index (χ3v) is 4.02. The molecule has 0 aliphatic carbocycles. The number of nitrogens with two attached hydrogens (primary N) is 2. The van der Waals surface area contributed by atoms with Crippen molar-refractivity contribution in [1.82, 2.24) is 5.43 Å². The molecule has 0 spiro atoms. The van der Waals surface area contributed by atoms with Crippen LogP contribution >= 0.6 is 11.8 Å². The van der Waals surface area contributed by atoms with E-state index in [1.54, 1.807) is 12.1 Å². The molecule has 6 heteroatoms. The number of amides is 1. The van der Waals surface area contributed by atoms with Gasteiger partial charge in [0.1, 0.15) is 5.82 Å². The van der Waals surface area contributed by atoms with Crippen LogP contribution in [0.25, 0.3) is 0 Å². The van der Waals surface area contributed by atoms with Gasteiger partial charge < -0.3 is 5.73 Å². The first-order chi connectivity index (χ1) is 10.1. The monoisotopic (exact) mass is 305 g/mol. The highest BCUT2D eigenvalue weighted by Gasteiger charge is 2.05. The Balaban J connectivity index is 1.96. The van der Waals surface area contributed by atoms with Crippen molar-refractivity contribution in [2.24, 2.45) is 5.84 Å². The average molecular weight is 305 g/mol. The molecule has 0 saturated carbocycles. The van der Waals surface area contributed by atoms with E-state index >= 15 is 0 Å². The van der Waals surface area contributed by atoms with E-state index in [-0.39, 0.29) is 18.1 Å². The highest BCUT2D eigenvalue weighted by atomic mass is 32.2. The summed E-state index contributed by atoms with van der Waals surface area (Å²) >= 11 is 1.40. The normalized spacial score (nSPS) is 10.4. The molecule has 21 heavy (non-hydrogen) atoms. The van der Waals surface area contributed by atoms with Gasteiger partial charge in [0.2, 0.25) is 5.91 Å². The van der Waals surface area contributed by atoms with Crippen LogP contribution in [0.3, 0.4) is 0 Å². The molecule has 0 radical (unpaired) electrons. The van der Waals surface area contributed by atoms with Crippen LogP contribution in [-0.4, -0.2) is 5.91 Å². The molecule has 2 aromatic carbocycles. The summed E-state index contributed by atoms with van der Waals surface area (Å²) in [6.45, 7) is 0. The Bertz CT molecular complexity index is 631. The lowest BCUT2D eigenvalue weighted by Gasteiger charge is -2.06. The highest BCUT2D eigenvalue weighted by Crippen LogP contribution is 2.26. The summed E-state index contributed by atoms with van der Waals surface area (Å²) < 4.78 is 13.6. The second-order valence-electron chi connectivity index (χ2n) is 4.54. The molecule has 0 aliphatic rings. The van der Waals surface area contributed by atoms with E-state index < -0.39 is 0 Å². The van der Waals surface area contributed by atoms with Crippen molar-refractivity contribution >= 4 is 23.4 Å². The largest absolute Gasteiger partial charge is 0.399 e. The molecule has 0 saturated heterocycles. The molecule has 1 amide bonds. The van der Waals surface area contributed by atoms with Crippen LogP contribution in [0.5, 0.6) is 0 Å². The van der Waals surface area contributed by atoms with Crippen molar-refractivity contribution in [1.29, 1.82) is 0 Å². The van der Waals surface area contributed by atoms with Crippen LogP contribution in [-0.2, 0) is 17.0 Å². The summed E-state index contributed by atoms with van der Waals surface area (Å²) in [4.78, 5) is 11.7. The topological polar surface area (TPSA) is 81.1 Å². The van der Waals surface area contributed by atoms with Gasteiger partial charge in [-0.25, -0.2) is 10.2 Å². The fourth-order valence-electron chi connectivity index (χ4n) is 1.78. The molecule has 110 valence electrons.